The van der Waals surface area contributed by atoms with Crippen molar-refractivity contribution in [2.24, 2.45) is 0 Å². The Morgan fingerprint density at radius 1 is 1.26 bits per heavy atom. The van der Waals surface area contributed by atoms with Crippen LogP contribution < -0.4 is 10.6 Å². The molecule has 0 saturated carbocycles. The minimum atomic E-state index is -0.551. The molecule has 8 nitrogen and oxygen atoms in total. The summed E-state index contributed by atoms with van der Waals surface area (Å²) in [6, 6.07) is 6.63. The first-order valence-electron chi connectivity index (χ1n) is 9.95. The lowest BCUT2D eigenvalue weighted by Gasteiger charge is -2.33. The molecule has 1 aliphatic heterocycles. The van der Waals surface area contributed by atoms with E-state index in [1.165, 1.54) is 24.5 Å². The van der Waals surface area contributed by atoms with Gasteiger partial charge in [-0.1, -0.05) is 0 Å². The number of thiazole rings is 1. The zero-order chi connectivity index (χ0) is 21.8. The Morgan fingerprint density at radius 3 is 2.90 bits per heavy atom. The molecule has 0 radical (unpaired) electrons. The van der Waals surface area contributed by atoms with Gasteiger partial charge in [0, 0.05) is 23.7 Å². The molecule has 0 aromatic carbocycles. The number of carbonyl (C=O) groups excluding carboxylic acids is 3. The molecule has 3 aromatic rings. The van der Waals surface area contributed by atoms with E-state index in [2.05, 4.69) is 15.6 Å². The summed E-state index contributed by atoms with van der Waals surface area (Å²) in [5.74, 6) is -0.340. The Kier molecular flexibility index (Phi) is 6.47. The van der Waals surface area contributed by atoms with Crippen LogP contribution in [0.15, 0.2) is 40.3 Å². The van der Waals surface area contributed by atoms with E-state index >= 15 is 0 Å². The summed E-state index contributed by atoms with van der Waals surface area (Å²) in [6.45, 7) is 2.49. The van der Waals surface area contributed by atoms with Gasteiger partial charge in [0.2, 0.25) is 11.8 Å². The minimum Gasteiger partial charge on any atom is -0.459 e. The third-order valence-electron chi connectivity index (χ3n) is 4.96. The van der Waals surface area contributed by atoms with E-state index in [-0.39, 0.29) is 23.5 Å². The Balaban J connectivity index is 1.42. The van der Waals surface area contributed by atoms with Gasteiger partial charge in [-0.3, -0.25) is 14.4 Å². The highest BCUT2D eigenvalue weighted by atomic mass is 32.1. The van der Waals surface area contributed by atoms with Gasteiger partial charge in [0.05, 0.1) is 23.4 Å². The van der Waals surface area contributed by atoms with Gasteiger partial charge in [0.15, 0.2) is 10.9 Å². The van der Waals surface area contributed by atoms with Gasteiger partial charge in [-0.05, 0) is 43.5 Å². The Labute approximate surface area is 187 Å². The number of thiophene rings is 1. The number of rotatable bonds is 6. The minimum absolute atomic E-state index is 0.0732. The van der Waals surface area contributed by atoms with E-state index < -0.39 is 6.04 Å². The molecule has 162 valence electrons. The number of nitrogens with one attached hydrogen (secondary N) is 2. The Morgan fingerprint density at radius 2 is 2.13 bits per heavy atom. The maximum Gasteiger partial charge on any atom is 0.290 e. The van der Waals surface area contributed by atoms with Crippen molar-refractivity contribution in [1.29, 1.82) is 0 Å². The first-order valence-corrected chi connectivity index (χ1v) is 11.7. The first-order chi connectivity index (χ1) is 15.0. The molecule has 1 aliphatic rings. The molecule has 3 aromatic heterocycles. The maximum absolute atomic E-state index is 12.9. The Hall–Kier alpha value is -2.98. The van der Waals surface area contributed by atoms with Crippen LogP contribution in [0.25, 0.3) is 10.6 Å². The van der Waals surface area contributed by atoms with E-state index in [1.807, 2.05) is 17.5 Å². The molecule has 4 heterocycles. The molecule has 3 amide bonds. The normalized spacial score (nSPS) is 16.2. The third-order valence-corrected chi connectivity index (χ3v) is 6.82. The first kappa shape index (κ1) is 21.3. The van der Waals surface area contributed by atoms with Gasteiger partial charge in [0.25, 0.3) is 5.91 Å². The molecule has 2 N–H and O–H groups in total. The van der Waals surface area contributed by atoms with Crippen LogP contribution in [0.2, 0.25) is 0 Å². The average molecular weight is 459 g/mol. The number of nitrogens with zero attached hydrogens (tertiary/aromatic N) is 2. The lowest BCUT2D eigenvalue weighted by molar-refractivity contribution is -0.121. The summed E-state index contributed by atoms with van der Waals surface area (Å²) in [4.78, 5) is 44.9. The fraction of sp³-hybridized carbons (Fsp3) is 0.333. The second-order valence-corrected chi connectivity index (χ2v) is 9.22. The average Bonchev–Trinajstić information content (AvgIpc) is 3.53. The monoisotopic (exact) mass is 458 g/mol. The van der Waals surface area contributed by atoms with Crippen LogP contribution in [0.3, 0.4) is 0 Å². The molecule has 1 saturated heterocycles. The second kappa shape index (κ2) is 9.44. The molecule has 4 rings (SSSR count). The largest absolute Gasteiger partial charge is 0.459 e. The van der Waals surface area contributed by atoms with E-state index in [0.29, 0.717) is 24.6 Å². The van der Waals surface area contributed by atoms with Crippen LogP contribution >= 0.6 is 22.7 Å². The molecular formula is C21H22N4O4S2. The number of hydrogen-bond acceptors (Lipinski definition) is 7. The summed E-state index contributed by atoms with van der Waals surface area (Å²) in [7, 11) is 0. The SMILES string of the molecule is CC(=O)NCc1ccc(-c2csc(NC(=O)C3CCCCN3C(=O)c3ccco3)n2)s1. The molecule has 1 atom stereocenters. The summed E-state index contributed by atoms with van der Waals surface area (Å²) in [5, 5.41) is 8.02. The molecular weight excluding hydrogens is 436 g/mol. The lowest BCUT2D eigenvalue weighted by Crippen LogP contribution is -2.49. The second-order valence-electron chi connectivity index (χ2n) is 7.19. The predicted octanol–water partition coefficient (Wildman–Crippen LogP) is 3.73. The van der Waals surface area contributed by atoms with Crippen LogP contribution in [-0.4, -0.2) is 40.2 Å². The van der Waals surface area contributed by atoms with Gasteiger partial charge in [-0.15, -0.1) is 22.7 Å². The summed E-state index contributed by atoms with van der Waals surface area (Å²) < 4.78 is 5.22. The standard InChI is InChI=1S/C21H22N4O4S2/c1-13(26)22-11-14-7-8-18(31-14)15-12-30-21(23-15)24-19(27)16-5-2-3-9-25(16)20(28)17-6-4-10-29-17/h4,6-8,10,12,16H,2-3,5,9,11H2,1H3,(H,22,26)(H,23,24,27). The van der Waals surface area contributed by atoms with Crippen LogP contribution in [0, 0.1) is 0 Å². The van der Waals surface area contributed by atoms with Crippen LogP contribution in [0.1, 0.15) is 41.6 Å². The van der Waals surface area contributed by atoms with Crippen molar-refractivity contribution >= 4 is 45.5 Å². The molecule has 1 fully saturated rings. The van der Waals surface area contributed by atoms with Crippen LogP contribution in [0.5, 0.6) is 0 Å². The number of amides is 3. The van der Waals surface area contributed by atoms with E-state index in [9.17, 15) is 14.4 Å². The fourth-order valence-electron chi connectivity index (χ4n) is 3.44. The van der Waals surface area contributed by atoms with Gasteiger partial charge in [0.1, 0.15) is 6.04 Å². The van der Waals surface area contributed by atoms with Gasteiger partial charge in [-0.25, -0.2) is 4.98 Å². The number of hydrogen-bond donors (Lipinski definition) is 2. The summed E-state index contributed by atoms with van der Waals surface area (Å²) in [6.07, 6.45) is 3.80. The van der Waals surface area contributed by atoms with Crippen LogP contribution in [0.4, 0.5) is 5.13 Å². The highest BCUT2D eigenvalue weighted by Gasteiger charge is 2.34. The molecule has 0 bridgehead atoms. The highest BCUT2D eigenvalue weighted by Crippen LogP contribution is 2.31. The molecule has 10 heteroatoms. The van der Waals surface area contributed by atoms with Crippen molar-refractivity contribution in [3.63, 3.8) is 0 Å². The zero-order valence-corrected chi connectivity index (χ0v) is 18.6. The number of aromatic nitrogens is 1. The molecule has 0 aliphatic carbocycles. The van der Waals surface area contributed by atoms with E-state index in [1.54, 1.807) is 28.4 Å². The molecule has 1 unspecified atom stereocenters. The highest BCUT2D eigenvalue weighted by molar-refractivity contribution is 7.17. The molecule has 0 spiro atoms. The van der Waals surface area contributed by atoms with Crippen molar-refractivity contribution < 1.29 is 18.8 Å². The number of furan rings is 1. The van der Waals surface area contributed by atoms with Crippen molar-refractivity contribution in [1.82, 2.24) is 15.2 Å². The number of likely N-dealkylation sites (tertiary alicyclic amines) is 1. The van der Waals surface area contributed by atoms with Crippen molar-refractivity contribution in [3.8, 4) is 10.6 Å². The van der Waals surface area contributed by atoms with Crippen molar-refractivity contribution in [3.05, 3.63) is 46.5 Å². The third kappa shape index (κ3) is 5.02. The topological polar surface area (TPSA) is 105 Å². The van der Waals surface area contributed by atoms with Gasteiger partial charge in [-0.2, -0.15) is 0 Å². The van der Waals surface area contributed by atoms with Gasteiger partial charge < -0.3 is 20.0 Å². The number of piperidine rings is 1. The molecule has 31 heavy (non-hydrogen) atoms. The zero-order valence-electron chi connectivity index (χ0n) is 16.9. The number of anilines is 1. The smallest absolute Gasteiger partial charge is 0.290 e. The van der Waals surface area contributed by atoms with Gasteiger partial charge >= 0.3 is 0 Å². The van der Waals surface area contributed by atoms with E-state index in [4.69, 9.17) is 4.42 Å². The quantitative estimate of drug-likeness (QED) is 0.586. The van der Waals surface area contributed by atoms with Crippen molar-refractivity contribution in [2.75, 3.05) is 11.9 Å². The maximum atomic E-state index is 12.9. The van der Waals surface area contributed by atoms with Crippen LogP contribution in [-0.2, 0) is 16.1 Å². The van der Waals surface area contributed by atoms with E-state index in [0.717, 1.165) is 28.3 Å². The lowest BCUT2D eigenvalue weighted by atomic mass is 10.0. The predicted molar refractivity (Wildman–Crippen MR) is 119 cm³/mol. The Bertz CT molecular complexity index is 1070. The number of carbonyl (C=O) groups is 3. The summed E-state index contributed by atoms with van der Waals surface area (Å²) >= 11 is 2.89. The summed E-state index contributed by atoms with van der Waals surface area (Å²) in [5.41, 5.74) is 0.770. The van der Waals surface area contributed by atoms with Crippen molar-refractivity contribution in [2.45, 2.75) is 38.8 Å². The fourth-order valence-corrected chi connectivity index (χ4v) is 5.14.